The Balaban J connectivity index is 2.60. The smallest absolute Gasteiger partial charge is 0.261 e. The molecule has 0 fully saturated rings. The van der Waals surface area contributed by atoms with Gasteiger partial charge < -0.3 is 11.5 Å². The largest absolute Gasteiger partial charge is 0.370 e. The first-order valence-corrected chi connectivity index (χ1v) is 5.26. The normalized spacial score (nSPS) is 21.2. The maximum Gasteiger partial charge on any atom is 0.261 e. The first-order chi connectivity index (χ1) is 6.49. The average Bonchev–Trinajstić information content (AvgIpc) is 2.28. The number of aliphatic imine (C=N–C) groups is 2. The summed E-state index contributed by atoms with van der Waals surface area (Å²) in [6.07, 6.45) is 0.802. The zero-order chi connectivity index (χ0) is 10.7. The van der Waals surface area contributed by atoms with Gasteiger partial charge in [-0.15, -0.1) is 0 Å². The summed E-state index contributed by atoms with van der Waals surface area (Å²) in [4.78, 5) is 18.8. The predicted octanol–water partition coefficient (Wildman–Crippen LogP) is 0.304. The van der Waals surface area contributed by atoms with Gasteiger partial charge in [0.1, 0.15) is 0 Å². The zero-order valence-corrected chi connectivity index (χ0v) is 9.04. The number of carbonyl (C=O) groups is 1. The van der Waals surface area contributed by atoms with Crippen molar-refractivity contribution in [1.29, 1.82) is 0 Å². The molecule has 0 aromatic heterocycles. The van der Waals surface area contributed by atoms with E-state index in [0.29, 0.717) is 11.1 Å². The molecule has 14 heavy (non-hydrogen) atoms. The number of carbonyl (C=O) groups excluding carboxylic acids is 1. The molecular weight excluding hydrogens is 200 g/mol. The number of nitrogens with zero attached hydrogens (tertiary/aromatic N) is 2. The van der Waals surface area contributed by atoms with E-state index < -0.39 is 0 Å². The highest BCUT2D eigenvalue weighted by atomic mass is 32.2. The first kappa shape index (κ1) is 11.0. The van der Waals surface area contributed by atoms with Gasteiger partial charge in [-0.05, 0) is 12.3 Å². The third kappa shape index (κ3) is 3.02. The summed E-state index contributed by atoms with van der Waals surface area (Å²) < 4.78 is 0. The summed E-state index contributed by atoms with van der Waals surface area (Å²) in [6.45, 7) is 4.12. The van der Waals surface area contributed by atoms with Gasteiger partial charge in [0.05, 0.1) is 5.25 Å². The molecule has 1 amide bonds. The SMILES string of the molecule is CC(C)CC1SC(N=C(N)N)=NC1=O. The van der Waals surface area contributed by atoms with E-state index in [1.165, 1.54) is 11.8 Å². The van der Waals surface area contributed by atoms with Gasteiger partial charge >= 0.3 is 0 Å². The van der Waals surface area contributed by atoms with E-state index in [4.69, 9.17) is 11.5 Å². The minimum absolute atomic E-state index is 0.0609. The van der Waals surface area contributed by atoms with Crippen molar-refractivity contribution in [2.24, 2.45) is 27.4 Å². The molecule has 0 saturated carbocycles. The van der Waals surface area contributed by atoms with E-state index in [0.717, 1.165) is 6.42 Å². The second-order valence-electron chi connectivity index (χ2n) is 3.51. The van der Waals surface area contributed by atoms with Crippen molar-refractivity contribution in [3.8, 4) is 0 Å². The molecule has 0 aromatic carbocycles. The summed E-state index contributed by atoms with van der Waals surface area (Å²) in [5.74, 6) is 0.267. The van der Waals surface area contributed by atoms with E-state index in [-0.39, 0.29) is 17.1 Å². The zero-order valence-electron chi connectivity index (χ0n) is 8.23. The molecule has 1 heterocycles. The molecule has 5 nitrogen and oxygen atoms in total. The maximum absolute atomic E-state index is 11.3. The van der Waals surface area contributed by atoms with Crippen LogP contribution in [0.3, 0.4) is 0 Å². The van der Waals surface area contributed by atoms with Crippen LogP contribution in [0.4, 0.5) is 0 Å². The third-order valence-corrected chi connectivity index (χ3v) is 2.71. The lowest BCUT2D eigenvalue weighted by molar-refractivity contribution is -0.117. The number of thioether (sulfide) groups is 1. The number of amidine groups is 1. The van der Waals surface area contributed by atoms with Gasteiger partial charge in [-0.1, -0.05) is 25.6 Å². The summed E-state index contributed by atoms with van der Waals surface area (Å²) in [5, 5.41) is 0.258. The van der Waals surface area contributed by atoms with Crippen LogP contribution in [0.2, 0.25) is 0 Å². The molecule has 0 bridgehead atoms. The van der Waals surface area contributed by atoms with Gasteiger partial charge in [-0.25, -0.2) is 0 Å². The second-order valence-corrected chi connectivity index (χ2v) is 4.68. The van der Waals surface area contributed by atoms with Crippen LogP contribution < -0.4 is 11.5 Å². The molecule has 0 aliphatic carbocycles. The Morgan fingerprint density at radius 1 is 1.64 bits per heavy atom. The number of hydrogen-bond donors (Lipinski definition) is 2. The third-order valence-electron chi connectivity index (χ3n) is 1.64. The fourth-order valence-electron chi connectivity index (χ4n) is 1.11. The van der Waals surface area contributed by atoms with Crippen LogP contribution in [0.15, 0.2) is 9.98 Å². The number of guanidine groups is 1. The van der Waals surface area contributed by atoms with Crippen molar-refractivity contribution in [3.63, 3.8) is 0 Å². The van der Waals surface area contributed by atoms with Crippen LogP contribution >= 0.6 is 11.8 Å². The molecule has 0 saturated heterocycles. The Bertz CT molecular complexity index is 294. The molecule has 1 aliphatic heterocycles. The molecule has 1 rings (SSSR count). The van der Waals surface area contributed by atoms with Crippen LogP contribution in [0.1, 0.15) is 20.3 Å². The average molecular weight is 214 g/mol. The number of amides is 1. The van der Waals surface area contributed by atoms with Gasteiger partial charge in [-0.2, -0.15) is 9.98 Å². The lowest BCUT2D eigenvalue weighted by atomic mass is 10.1. The summed E-state index contributed by atoms with van der Waals surface area (Å²) in [7, 11) is 0. The van der Waals surface area contributed by atoms with Crippen LogP contribution in [0.25, 0.3) is 0 Å². The first-order valence-electron chi connectivity index (χ1n) is 4.38. The van der Waals surface area contributed by atoms with Crippen LogP contribution in [0, 0.1) is 5.92 Å². The predicted molar refractivity (Wildman–Crippen MR) is 59.1 cm³/mol. The minimum atomic E-state index is -0.135. The van der Waals surface area contributed by atoms with E-state index in [9.17, 15) is 4.79 Å². The van der Waals surface area contributed by atoms with Gasteiger partial charge in [0.25, 0.3) is 5.91 Å². The van der Waals surface area contributed by atoms with Gasteiger partial charge in [0.15, 0.2) is 11.1 Å². The van der Waals surface area contributed by atoms with E-state index in [1.807, 2.05) is 0 Å². The van der Waals surface area contributed by atoms with Gasteiger partial charge in [-0.3, -0.25) is 4.79 Å². The van der Waals surface area contributed by atoms with E-state index >= 15 is 0 Å². The summed E-state index contributed by atoms with van der Waals surface area (Å²) in [6, 6.07) is 0. The topological polar surface area (TPSA) is 93.8 Å². The number of rotatable bonds is 2. The van der Waals surface area contributed by atoms with Gasteiger partial charge in [0.2, 0.25) is 0 Å². The molecule has 6 heteroatoms. The van der Waals surface area contributed by atoms with Crippen molar-refractivity contribution in [2.45, 2.75) is 25.5 Å². The highest BCUT2D eigenvalue weighted by molar-refractivity contribution is 8.15. The van der Waals surface area contributed by atoms with Crippen molar-refractivity contribution < 1.29 is 4.79 Å². The van der Waals surface area contributed by atoms with Crippen LogP contribution in [-0.4, -0.2) is 22.3 Å². The highest BCUT2D eigenvalue weighted by Crippen LogP contribution is 2.28. The summed E-state index contributed by atoms with van der Waals surface area (Å²) in [5.41, 5.74) is 10.4. The molecule has 78 valence electrons. The highest BCUT2D eigenvalue weighted by Gasteiger charge is 2.28. The molecule has 0 aromatic rings. The molecular formula is C8H14N4OS. The Kier molecular flexibility index (Phi) is 3.51. The molecule has 1 atom stereocenters. The van der Waals surface area contributed by atoms with Crippen molar-refractivity contribution in [1.82, 2.24) is 0 Å². The standard InChI is InChI=1S/C8H14N4OS/c1-4(2)3-5-6(13)11-8(14-5)12-7(9)10/h4-5H,3H2,1-2H3,(H4,9,10,11,12,13). The van der Waals surface area contributed by atoms with E-state index in [1.54, 1.807) is 0 Å². The molecule has 0 spiro atoms. The minimum Gasteiger partial charge on any atom is -0.370 e. The van der Waals surface area contributed by atoms with Crippen molar-refractivity contribution >= 4 is 28.8 Å². The molecule has 0 radical (unpaired) electrons. The fourth-order valence-corrected chi connectivity index (χ4v) is 2.30. The Hall–Kier alpha value is -1.04. The molecule has 1 unspecified atom stereocenters. The number of nitrogens with two attached hydrogens (primary N) is 2. The molecule has 4 N–H and O–H groups in total. The van der Waals surface area contributed by atoms with Gasteiger partial charge in [0, 0.05) is 0 Å². The fraction of sp³-hybridized carbons (Fsp3) is 0.625. The van der Waals surface area contributed by atoms with Crippen molar-refractivity contribution in [2.75, 3.05) is 0 Å². The van der Waals surface area contributed by atoms with Crippen LogP contribution in [0.5, 0.6) is 0 Å². The van der Waals surface area contributed by atoms with Crippen molar-refractivity contribution in [3.05, 3.63) is 0 Å². The monoisotopic (exact) mass is 214 g/mol. The van der Waals surface area contributed by atoms with E-state index in [2.05, 4.69) is 23.8 Å². The van der Waals surface area contributed by atoms with Crippen LogP contribution in [-0.2, 0) is 4.79 Å². The quantitative estimate of drug-likeness (QED) is 0.510. The molecule has 1 aliphatic rings. The summed E-state index contributed by atoms with van der Waals surface area (Å²) >= 11 is 1.33. The Morgan fingerprint density at radius 3 is 2.79 bits per heavy atom. The Labute approximate surface area is 87.0 Å². The Morgan fingerprint density at radius 2 is 2.29 bits per heavy atom. The lowest BCUT2D eigenvalue weighted by Crippen LogP contribution is -2.23. The second kappa shape index (κ2) is 4.45. The lowest BCUT2D eigenvalue weighted by Gasteiger charge is -2.07. The maximum atomic E-state index is 11.3. The number of hydrogen-bond acceptors (Lipinski definition) is 3.